The molecule has 39 heavy (non-hydrogen) atoms. The molecule has 1 atom stereocenters. The van der Waals surface area contributed by atoms with Gasteiger partial charge in [-0.05, 0) is 46.6 Å². The summed E-state index contributed by atoms with van der Waals surface area (Å²) in [7, 11) is 1.63. The lowest BCUT2D eigenvalue weighted by molar-refractivity contribution is -0.139. The summed E-state index contributed by atoms with van der Waals surface area (Å²) in [5, 5.41) is 9.40. The molecule has 0 aromatic heterocycles. The maximum atomic E-state index is 11.5. The maximum Gasteiger partial charge on any atom is 0.306 e. The summed E-state index contributed by atoms with van der Waals surface area (Å²) in [6.07, 6.45) is 4.12. The van der Waals surface area contributed by atoms with Gasteiger partial charge in [0.05, 0.1) is 31.0 Å². The summed E-state index contributed by atoms with van der Waals surface area (Å²) >= 11 is 1.89. The molecule has 4 aromatic rings. The van der Waals surface area contributed by atoms with Gasteiger partial charge in [0.25, 0.3) is 0 Å². The zero-order chi connectivity index (χ0) is 27.3. The lowest BCUT2D eigenvalue weighted by atomic mass is 9.84. The number of carboxylic acids is 1. The number of ether oxygens (including phenoxy) is 2. The molecule has 0 aliphatic heterocycles. The molecule has 0 fully saturated rings. The first-order chi connectivity index (χ1) is 19.1. The van der Waals surface area contributed by atoms with E-state index >= 15 is 0 Å². The second-order valence-electron chi connectivity index (χ2n) is 9.14. The van der Waals surface area contributed by atoms with Crippen LogP contribution in [0.1, 0.15) is 35.1 Å². The molecule has 5 heteroatoms. The summed E-state index contributed by atoms with van der Waals surface area (Å²) in [6, 6.07) is 39.4. The van der Waals surface area contributed by atoms with E-state index in [2.05, 4.69) is 72.8 Å². The van der Waals surface area contributed by atoms with E-state index in [1.807, 2.05) is 66.4 Å². The van der Waals surface area contributed by atoms with Gasteiger partial charge in [-0.3, -0.25) is 4.79 Å². The highest BCUT2D eigenvalue weighted by Crippen LogP contribution is 2.48. The van der Waals surface area contributed by atoms with Crippen LogP contribution in [0.4, 0.5) is 0 Å². The lowest BCUT2D eigenvalue weighted by Gasteiger charge is -2.35. The minimum Gasteiger partial charge on any atom is -0.497 e. The number of hydrogen-bond donors (Lipinski definition) is 1. The van der Waals surface area contributed by atoms with E-state index in [4.69, 9.17) is 9.47 Å². The molecule has 4 nitrogen and oxygen atoms in total. The molecule has 0 spiro atoms. The number of rotatable bonds is 14. The van der Waals surface area contributed by atoms with Crippen molar-refractivity contribution in [3.63, 3.8) is 0 Å². The van der Waals surface area contributed by atoms with Gasteiger partial charge in [-0.15, -0.1) is 11.8 Å². The fourth-order valence-corrected chi connectivity index (χ4v) is 6.04. The highest BCUT2D eigenvalue weighted by atomic mass is 32.2. The van der Waals surface area contributed by atoms with Gasteiger partial charge in [-0.1, -0.05) is 115 Å². The molecule has 1 N–H and O–H groups in total. The maximum absolute atomic E-state index is 11.5. The number of allylic oxidation sites excluding steroid dienone is 1. The van der Waals surface area contributed by atoms with Gasteiger partial charge in [-0.25, -0.2) is 0 Å². The van der Waals surface area contributed by atoms with E-state index in [1.54, 1.807) is 7.11 Å². The summed E-state index contributed by atoms with van der Waals surface area (Å²) < 4.78 is 10.8. The first kappa shape index (κ1) is 28.2. The first-order valence-corrected chi connectivity index (χ1v) is 14.0. The topological polar surface area (TPSA) is 55.8 Å². The van der Waals surface area contributed by atoms with E-state index in [0.717, 1.165) is 23.5 Å². The van der Waals surface area contributed by atoms with E-state index in [0.29, 0.717) is 6.61 Å². The van der Waals surface area contributed by atoms with Gasteiger partial charge in [0.15, 0.2) is 0 Å². The standard InChI is InChI=1S/C34H34O4S/c1-37-31-22-20-27(21-23-31)26-38-32(25-33(35)36)19-11-12-24-39-34(28-13-5-2-6-14-28,29-15-7-3-8-16-29)30-17-9-4-10-18-30/h2-11,13-23,32H,12,24-26H2,1H3,(H,35,36)/b19-11+. The quantitative estimate of drug-likeness (QED) is 0.101. The van der Waals surface area contributed by atoms with Crippen LogP contribution >= 0.6 is 11.8 Å². The number of hydrogen-bond acceptors (Lipinski definition) is 4. The van der Waals surface area contributed by atoms with Crippen molar-refractivity contribution >= 4 is 17.7 Å². The Hall–Kier alpha value is -3.80. The number of benzene rings is 4. The first-order valence-electron chi connectivity index (χ1n) is 13.1. The molecule has 200 valence electrons. The Kier molecular flexibility index (Phi) is 10.4. The van der Waals surface area contributed by atoms with Crippen molar-refractivity contribution in [2.24, 2.45) is 0 Å². The normalized spacial score (nSPS) is 12.3. The second kappa shape index (κ2) is 14.4. The summed E-state index contributed by atoms with van der Waals surface area (Å²) in [5.74, 6) is 0.730. The lowest BCUT2D eigenvalue weighted by Crippen LogP contribution is -2.26. The average molecular weight is 539 g/mol. The third-order valence-corrected chi connectivity index (χ3v) is 8.07. The van der Waals surface area contributed by atoms with Crippen molar-refractivity contribution in [3.8, 4) is 5.75 Å². The minimum atomic E-state index is -0.884. The van der Waals surface area contributed by atoms with Crippen LogP contribution in [-0.4, -0.2) is 30.0 Å². The van der Waals surface area contributed by atoms with Crippen molar-refractivity contribution in [2.45, 2.75) is 30.3 Å². The number of aliphatic carboxylic acids is 1. The van der Waals surface area contributed by atoms with E-state index < -0.39 is 12.1 Å². The Bertz CT molecular complexity index is 1210. The van der Waals surface area contributed by atoms with E-state index in [1.165, 1.54) is 16.7 Å². The van der Waals surface area contributed by atoms with E-state index in [-0.39, 0.29) is 11.2 Å². The van der Waals surface area contributed by atoms with Gasteiger partial charge in [-0.2, -0.15) is 0 Å². The fourth-order valence-electron chi connectivity index (χ4n) is 4.58. The van der Waals surface area contributed by atoms with Gasteiger partial charge in [0.1, 0.15) is 5.75 Å². The molecule has 0 aliphatic rings. The third kappa shape index (κ3) is 7.62. The molecule has 0 heterocycles. The summed E-state index contributed by atoms with van der Waals surface area (Å²) in [6.45, 7) is 0.333. The zero-order valence-electron chi connectivity index (χ0n) is 22.1. The van der Waals surface area contributed by atoms with Crippen molar-refractivity contribution in [3.05, 3.63) is 150 Å². The Balaban J connectivity index is 1.49. The van der Waals surface area contributed by atoms with Crippen LogP contribution in [0.5, 0.6) is 5.75 Å². The highest BCUT2D eigenvalue weighted by Gasteiger charge is 2.36. The third-order valence-electron chi connectivity index (χ3n) is 6.49. The summed E-state index contributed by atoms with van der Waals surface area (Å²) in [5.41, 5.74) is 4.64. The highest BCUT2D eigenvalue weighted by molar-refractivity contribution is 8.00. The van der Waals surface area contributed by atoms with Crippen molar-refractivity contribution in [1.82, 2.24) is 0 Å². The van der Waals surface area contributed by atoms with Gasteiger partial charge in [0.2, 0.25) is 0 Å². The van der Waals surface area contributed by atoms with Gasteiger partial charge in [0, 0.05) is 0 Å². The molecular formula is C34H34O4S. The Morgan fingerprint density at radius 1 is 0.821 bits per heavy atom. The van der Waals surface area contributed by atoms with Crippen LogP contribution in [0.15, 0.2) is 127 Å². The molecule has 0 radical (unpaired) electrons. The van der Waals surface area contributed by atoms with Gasteiger partial charge >= 0.3 is 5.97 Å². The predicted molar refractivity (Wildman–Crippen MR) is 159 cm³/mol. The number of carboxylic acid groups (broad SMARTS) is 1. The molecule has 0 bridgehead atoms. The molecule has 4 aromatic carbocycles. The van der Waals surface area contributed by atoms with Crippen LogP contribution in [-0.2, 0) is 20.9 Å². The fraction of sp³-hybridized carbons (Fsp3) is 0.206. The molecule has 0 saturated carbocycles. The molecule has 0 amide bonds. The minimum absolute atomic E-state index is 0.0816. The molecule has 0 aliphatic carbocycles. The van der Waals surface area contributed by atoms with Crippen LogP contribution in [0.2, 0.25) is 0 Å². The number of methoxy groups -OCH3 is 1. The van der Waals surface area contributed by atoms with Crippen LogP contribution in [0.3, 0.4) is 0 Å². The Morgan fingerprint density at radius 2 is 1.33 bits per heavy atom. The van der Waals surface area contributed by atoms with Crippen molar-refractivity contribution in [2.75, 3.05) is 12.9 Å². The van der Waals surface area contributed by atoms with Crippen molar-refractivity contribution in [1.29, 1.82) is 0 Å². The molecule has 0 saturated heterocycles. The van der Waals surface area contributed by atoms with E-state index in [9.17, 15) is 9.90 Å². The van der Waals surface area contributed by atoms with Crippen LogP contribution in [0, 0.1) is 0 Å². The van der Waals surface area contributed by atoms with Crippen molar-refractivity contribution < 1.29 is 19.4 Å². The largest absolute Gasteiger partial charge is 0.497 e. The Morgan fingerprint density at radius 3 is 1.79 bits per heavy atom. The second-order valence-corrected chi connectivity index (χ2v) is 10.4. The smallest absolute Gasteiger partial charge is 0.306 e. The number of thioether (sulfide) groups is 1. The average Bonchev–Trinajstić information content (AvgIpc) is 2.99. The number of carbonyl (C=O) groups is 1. The van der Waals surface area contributed by atoms with Crippen LogP contribution < -0.4 is 4.74 Å². The Labute approximate surface area is 235 Å². The molecular weight excluding hydrogens is 504 g/mol. The SMILES string of the molecule is COc1ccc(COC(/C=C/CCSC(c2ccccc2)(c2ccccc2)c2ccccc2)CC(=O)O)cc1. The monoisotopic (exact) mass is 538 g/mol. The van der Waals surface area contributed by atoms with Crippen LogP contribution in [0.25, 0.3) is 0 Å². The van der Waals surface area contributed by atoms with Gasteiger partial charge < -0.3 is 14.6 Å². The zero-order valence-corrected chi connectivity index (χ0v) is 22.9. The molecule has 4 rings (SSSR count). The summed E-state index contributed by atoms with van der Waals surface area (Å²) in [4.78, 5) is 11.5. The predicted octanol–water partition coefficient (Wildman–Crippen LogP) is 7.73. The molecule has 1 unspecified atom stereocenters.